The molecule has 1 atom stereocenters. The maximum absolute atomic E-state index is 11.5. The molecular formula is C13H17N3O3. The molecule has 0 aromatic heterocycles. The molecule has 2 rings (SSSR count). The number of ether oxygens (including phenoxy) is 1. The summed E-state index contributed by atoms with van der Waals surface area (Å²) in [5.41, 5.74) is 7.53. The lowest BCUT2D eigenvalue weighted by Gasteiger charge is -2.30. The lowest BCUT2D eigenvalue weighted by molar-refractivity contribution is -0.130. The van der Waals surface area contributed by atoms with Crippen molar-refractivity contribution in [2.45, 2.75) is 13.0 Å². The monoisotopic (exact) mass is 263 g/mol. The van der Waals surface area contributed by atoms with Crippen molar-refractivity contribution >= 4 is 17.5 Å². The van der Waals surface area contributed by atoms with Gasteiger partial charge in [-0.25, -0.2) is 0 Å². The maximum Gasteiger partial charge on any atom is 0.246 e. The quantitative estimate of drug-likeness (QED) is 0.760. The van der Waals surface area contributed by atoms with Crippen LogP contribution in [0.4, 0.5) is 5.69 Å². The summed E-state index contributed by atoms with van der Waals surface area (Å²) in [5.74, 6) is 0.0373. The number of nitrogens with two attached hydrogens (primary N) is 1. The Morgan fingerprint density at radius 1 is 1.32 bits per heavy atom. The second kappa shape index (κ2) is 5.27. The van der Waals surface area contributed by atoms with E-state index in [1.165, 1.54) is 0 Å². The summed E-state index contributed by atoms with van der Waals surface area (Å²) >= 11 is 0. The molecule has 6 heteroatoms. The molecule has 1 aliphatic rings. The zero-order valence-corrected chi connectivity index (χ0v) is 11.0. The molecule has 0 unspecified atom stereocenters. The Labute approximate surface area is 111 Å². The molecule has 1 saturated heterocycles. The van der Waals surface area contributed by atoms with Crippen molar-refractivity contribution in [2.75, 3.05) is 25.1 Å². The Morgan fingerprint density at radius 3 is 2.47 bits per heavy atom. The number of piperazine rings is 1. The Kier molecular flexibility index (Phi) is 3.71. The van der Waals surface area contributed by atoms with Crippen LogP contribution in [0.25, 0.3) is 0 Å². The van der Waals surface area contributed by atoms with Gasteiger partial charge in [0.2, 0.25) is 11.8 Å². The number of carbonyl (C=O) groups excluding carboxylic acids is 2. The number of benzene rings is 1. The zero-order valence-electron chi connectivity index (χ0n) is 11.0. The summed E-state index contributed by atoms with van der Waals surface area (Å²) in [6.45, 7) is 2.12. The van der Waals surface area contributed by atoms with Gasteiger partial charge in [-0.05, 0) is 19.1 Å². The molecule has 2 amide bonds. The van der Waals surface area contributed by atoms with E-state index in [-0.39, 0.29) is 30.9 Å². The van der Waals surface area contributed by atoms with Gasteiger partial charge in [0.1, 0.15) is 5.75 Å². The fourth-order valence-corrected chi connectivity index (χ4v) is 2.25. The number of rotatable bonds is 3. The molecule has 0 bridgehead atoms. The molecule has 3 N–H and O–H groups in total. The van der Waals surface area contributed by atoms with Crippen LogP contribution in [0.1, 0.15) is 18.5 Å². The third kappa shape index (κ3) is 2.68. The minimum absolute atomic E-state index is 0.138. The Morgan fingerprint density at radius 2 is 1.95 bits per heavy atom. The van der Waals surface area contributed by atoms with E-state index in [2.05, 4.69) is 5.32 Å². The molecule has 0 radical (unpaired) electrons. The number of hydrogen-bond donors (Lipinski definition) is 2. The Balaban J connectivity index is 2.43. The normalized spacial score (nSPS) is 17.1. The highest BCUT2D eigenvalue weighted by Crippen LogP contribution is 2.33. The molecule has 1 aliphatic heterocycles. The zero-order chi connectivity index (χ0) is 14.0. The lowest BCUT2D eigenvalue weighted by atomic mass is 10.0. The van der Waals surface area contributed by atoms with Crippen molar-refractivity contribution < 1.29 is 14.3 Å². The second-order valence-corrected chi connectivity index (χ2v) is 4.51. The summed E-state index contributed by atoms with van der Waals surface area (Å²) in [6, 6.07) is 5.21. The third-order valence-corrected chi connectivity index (χ3v) is 3.01. The summed E-state index contributed by atoms with van der Waals surface area (Å²) in [6.07, 6.45) is 0. The smallest absolute Gasteiger partial charge is 0.246 e. The predicted octanol–water partition coefficient (Wildman–Crippen LogP) is 0.178. The largest absolute Gasteiger partial charge is 0.496 e. The van der Waals surface area contributed by atoms with Gasteiger partial charge in [0.15, 0.2) is 0 Å². The van der Waals surface area contributed by atoms with Gasteiger partial charge in [0.05, 0.1) is 20.2 Å². The van der Waals surface area contributed by atoms with E-state index in [4.69, 9.17) is 10.5 Å². The van der Waals surface area contributed by atoms with Gasteiger partial charge >= 0.3 is 0 Å². The van der Waals surface area contributed by atoms with Crippen molar-refractivity contribution in [1.82, 2.24) is 5.32 Å². The highest BCUT2D eigenvalue weighted by Gasteiger charge is 2.26. The number of hydrogen-bond acceptors (Lipinski definition) is 5. The highest BCUT2D eigenvalue weighted by molar-refractivity contribution is 6.02. The van der Waals surface area contributed by atoms with Crippen LogP contribution in [0.15, 0.2) is 18.2 Å². The molecule has 1 heterocycles. The van der Waals surface area contributed by atoms with Crippen molar-refractivity contribution in [2.24, 2.45) is 5.73 Å². The fraction of sp³-hybridized carbons (Fsp3) is 0.385. The molecule has 6 nitrogen and oxygen atoms in total. The van der Waals surface area contributed by atoms with E-state index in [1.807, 2.05) is 25.1 Å². The molecule has 102 valence electrons. The summed E-state index contributed by atoms with van der Waals surface area (Å²) in [7, 11) is 1.57. The molecule has 0 spiro atoms. The maximum atomic E-state index is 11.5. The second-order valence-electron chi connectivity index (χ2n) is 4.51. The van der Waals surface area contributed by atoms with E-state index < -0.39 is 0 Å². The number of carbonyl (C=O) groups is 2. The summed E-state index contributed by atoms with van der Waals surface area (Å²) in [4.78, 5) is 24.6. The van der Waals surface area contributed by atoms with Crippen LogP contribution in [0.2, 0.25) is 0 Å². The van der Waals surface area contributed by atoms with E-state index in [1.54, 1.807) is 12.0 Å². The van der Waals surface area contributed by atoms with Gasteiger partial charge in [0.25, 0.3) is 0 Å². The average molecular weight is 263 g/mol. The third-order valence-electron chi connectivity index (χ3n) is 3.01. The number of imide groups is 1. The van der Waals surface area contributed by atoms with E-state index in [0.717, 1.165) is 11.3 Å². The minimum atomic E-state index is -0.310. The molecule has 0 saturated carbocycles. The van der Waals surface area contributed by atoms with Crippen LogP contribution < -0.4 is 20.7 Å². The van der Waals surface area contributed by atoms with E-state index >= 15 is 0 Å². The van der Waals surface area contributed by atoms with Gasteiger partial charge in [-0.3, -0.25) is 14.9 Å². The number of amides is 2. The number of methoxy groups -OCH3 is 1. The standard InChI is InChI=1S/C13H17N3O3/c1-8(14)13-9(4-3-5-10(13)19-2)16-6-11(17)15-12(18)7-16/h3-5,8H,6-7,14H2,1-2H3,(H,15,17,18)/t8-/m0/s1. The van der Waals surface area contributed by atoms with Gasteiger partial charge in [-0.1, -0.05) is 6.07 Å². The van der Waals surface area contributed by atoms with Crippen LogP contribution in [0, 0.1) is 0 Å². The number of anilines is 1. The molecule has 19 heavy (non-hydrogen) atoms. The Hall–Kier alpha value is -2.08. The van der Waals surface area contributed by atoms with Gasteiger partial charge in [0, 0.05) is 17.3 Å². The fourth-order valence-electron chi connectivity index (χ4n) is 2.25. The Bertz CT molecular complexity index is 498. The van der Waals surface area contributed by atoms with Crippen LogP contribution in [0.5, 0.6) is 5.75 Å². The molecular weight excluding hydrogens is 246 g/mol. The van der Waals surface area contributed by atoms with Gasteiger partial charge in [-0.15, -0.1) is 0 Å². The highest BCUT2D eigenvalue weighted by atomic mass is 16.5. The molecule has 1 aromatic carbocycles. The van der Waals surface area contributed by atoms with Gasteiger partial charge < -0.3 is 15.4 Å². The number of nitrogens with one attached hydrogen (secondary N) is 1. The first-order valence-corrected chi connectivity index (χ1v) is 6.03. The molecule has 1 aromatic rings. The van der Waals surface area contributed by atoms with E-state index in [9.17, 15) is 9.59 Å². The summed E-state index contributed by atoms with van der Waals surface area (Å²) < 4.78 is 5.30. The van der Waals surface area contributed by atoms with Crippen LogP contribution in [-0.4, -0.2) is 32.0 Å². The topological polar surface area (TPSA) is 84.7 Å². The van der Waals surface area contributed by atoms with Crippen molar-refractivity contribution in [3.05, 3.63) is 23.8 Å². The van der Waals surface area contributed by atoms with Gasteiger partial charge in [-0.2, -0.15) is 0 Å². The molecule has 1 fully saturated rings. The minimum Gasteiger partial charge on any atom is -0.496 e. The summed E-state index contributed by atoms with van der Waals surface area (Å²) in [5, 5.41) is 2.27. The van der Waals surface area contributed by atoms with Crippen molar-refractivity contribution in [3.8, 4) is 5.75 Å². The predicted molar refractivity (Wildman–Crippen MR) is 71.0 cm³/mol. The van der Waals surface area contributed by atoms with Crippen LogP contribution in [0.3, 0.4) is 0 Å². The first-order chi connectivity index (χ1) is 9.02. The average Bonchev–Trinajstić information content (AvgIpc) is 2.36. The van der Waals surface area contributed by atoms with Crippen molar-refractivity contribution in [3.63, 3.8) is 0 Å². The van der Waals surface area contributed by atoms with Crippen LogP contribution in [-0.2, 0) is 9.59 Å². The first-order valence-electron chi connectivity index (χ1n) is 6.03. The van der Waals surface area contributed by atoms with Crippen molar-refractivity contribution in [1.29, 1.82) is 0 Å². The lowest BCUT2D eigenvalue weighted by Crippen LogP contribution is -2.51. The SMILES string of the molecule is COc1cccc(N2CC(=O)NC(=O)C2)c1[C@H](C)N. The first kappa shape index (κ1) is 13.4. The molecule has 0 aliphatic carbocycles. The van der Waals surface area contributed by atoms with E-state index in [0.29, 0.717) is 5.75 Å². The number of nitrogens with zero attached hydrogens (tertiary/aromatic N) is 1. The van der Waals surface area contributed by atoms with Crippen LogP contribution >= 0.6 is 0 Å².